The lowest BCUT2D eigenvalue weighted by Crippen LogP contribution is -2.25. The summed E-state index contributed by atoms with van der Waals surface area (Å²) in [5.74, 6) is 0. The Kier molecular flexibility index (Phi) is 4.56. The summed E-state index contributed by atoms with van der Waals surface area (Å²) in [6, 6.07) is 0. The lowest BCUT2D eigenvalue weighted by Gasteiger charge is -2.13. The predicted molar refractivity (Wildman–Crippen MR) is 37.8 cm³/mol. The van der Waals surface area contributed by atoms with Gasteiger partial charge in [-0.2, -0.15) is 0 Å². The van der Waals surface area contributed by atoms with E-state index in [1.807, 2.05) is 0 Å². The first-order valence-electron chi connectivity index (χ1n) is 3.31. The third-order valence-electron chi connectivity index (χ3n) is 1.13. The van der Waals surface area contributed by atoms with Crippen molar-refractivity contribution >= 4 is 6.09 Å². The van der Waals surface area contributed by atoms with Crippen molar-refractivity contribution in [2.24, 2.45) is 5.73 Å². The Morgan fingerprint density at radius 1 is 1.73 bits per heavy atom. The van der Waals surface area contributed by atoms with Crippen LogP contribution >= 0.6 is 0 Å². The lowest BCUT2D eigenvalue weighted by molar-refractivity contribution is 0.0381. The molecular formula is C6H13NO4. The molecule has 0 bridgehead atoms. The molecule has 11 heavy (non-hydrogen) atoms. The minimum Gasteiger partial charge on any atom is -0.447 e. The van der Waals surface area contributed by atoms with E-state index in [-0.39, 0.29) is 13.0 Å². The highest BCUT2D eigenvalue weighted by molar-refractivity contribution is 5.64. The van der Waals surface area contributed by atoms with Gasteiger partial charge in [0.25, 0.3) is 0 Å². The van der Waals surface area contributed by atoms with Crippen LogP contribution in [-0.4, -0.2) is 35.1 Å². The van der Waals surface area contributed by atoms with Gasteiger partial charge in [0.05, 0.1) is 12.7 Å². The van der Waals surface area contributed by atoms with E-state index in [4.69, 9.17) is 15.9 Å². The quantitative estimate of drug-likeness (QED) is 0.506. The fraction of sp³-hybridized carbons (Fsp3) is 0.833. The van der Waals surface area contributed by atoms with Gasteiger partial charge in [-0.1, -0.05) is 0 Å². The van der Waals surface area contributed by atoms with Crippen LogP contribution in [0.5, 0.6) is 0 Å². The van der Waals surface area contributed by atoms with E-state index in [1.165, 1.54) is 0 Å². The van der Waals surface area contributed by atoms with Crippen LogP contribution in [0.4, 0.5) is 4.79 Å². The van der Waals surface area contributed by atoms with Gasteiger partial charge in [0.15, 0.2) is 0 Å². The standard InChI is InChI=1S/C6H13NO4/c1-4(11-6(7)10)2-5(9)3-8/h4-5,8-9H,2-3H2,1H3,(H2,7,10). The van der Waals surface area contributed by atoms with E-state index in [1.54, 1.807) is 6.92 Å². The highest BCUT2D eigenvalue weighted by atomic mass is 16.6. The molecule has 0 aliphatic rings. The Labute approximate surface area is 64.8 Å². The summed E-state index contributed by atoms with van der Waals surface area (Å²) >= 11 is 0. The van der Waals surface area contributed by atoms with Crippen molar-refractivity contribution in [3.8, 4) is 0 Å². The van der Waals surface area contributed by atoms with Crippen molar-refractivity contribution in [1.29, 1.82) is 0 Å². The highest BCUT2D eigenvalue weighted by Crippen LogP contribution is 2.01. The van der Waals surface area contributed by atoms with E-state index in [0.29, 0.717) is 0 Å². The number of hydrogen-bond acceptors (Lipinski definition) is 4. The van der Waals surface area contributed by atoms with E-state index in [9.17, 15) is 4.79 Å². The second-order valence-electron chi connectivity index (χ2n) is 2.32. The van der Waals surface area contributed by atoms with Crippen LogP contribution in [-0.2, 0) is 4.74 Å². The van der Waals surface area contributed by atoms with Crippen LogP contribution in [0, 0.1) is 0 Å². The van der Waals surface area contributed by atoms with Gasteiger partial charge in [-0.25, -0.2) is 4.79 Å². The third kappa shape index (κ3) is 5.63. The van der Waals surface area contributed by atoms with E-state index in [0.717, 1.165) is 0 Å². The van der Waals surface area contributed by atoms with Gasteiger partial charge in [0.2, 0.25) is 0 Å². The van der Waals surface area contributed by atoms with Crippen molar-refractivity contribution in [1.82, 2.24) is 0 Å². The molecule has 0 aromatic carbocycles. The number of primary amides is 1. The van der Waals surface area contributed by atoms with Crippen LogP contribution < -0.4 is 5.73 Å². The Morgan fingerprint density at radius 3 is 2.64 bits per heavy atom. The largest absolute Gasteiger partial charge is 0.447 e. The number of hydrogen-bond donors (Lipinski definition) is 3. The van der Waals surface area contributed by atoms with Crippen LogP contribution in [0.1, 0.15) is 13.3 Å². The van der Waals surface area contributed by atoms with E-state index in [2.05, 4.69) is 4.74 Å². The minimum absolute atomic E-state index is 0.194. The number of rotatable bonds is 4. The van der Waals surface area contributed by atoms with Gasteiger partial charge in [0, 0.05) is 6.42 Å². The van der Waals surface area contributed by atoms with Gasteiger partial charge >= 0.3 is 6.09 Å². The molecule has 0 saturated heterocycles. The fourth-order valence-electron chi connectivity index (χ4n) is 0.704. The molecule has 0 aromatic rings. The SMILES string of the molecule is CC(CC(O)CO)OC(N)=O. The van der Waals surface area contributed by atoms with Crippen molar-refractivity contribution in [3.63, 3.8) is 0 Å². The first-order valence-corrected chi connectivity index (χ1v) is 3.31. The average Bonchev–Trinajstić information content (AvgIpc) is 1.85. The second-order valence-corrected chi connectivity index (χ2v) is 2.32. The molecule has 66 valence electrons. The summed E-state index contributed by atoms with van der Waals surface area (Å²) in [5.41, 5.74) is 4.71. The second kappa shape index (κ2) is 4.92. The van der Waals surface area contributed by atoms with E-state index >= 15 is 0 Å². The maximum absolute atomic E-state index is 10.1. The van der Waals surface area contributed by atoms with E-state index < -0.39 is 18.3 Å². The van der Waals surface area contributed by atoms with Crippen molar-refractivity contribution in [2.45, 2.75) is 25.6 Å². The van der Waals surface area contributed by atoms with Crippen LogP contribution in [0.25, 0.3) is 0 Å². The Bertz CT molecular complexity index is 128. The topological polar surface area (TPSA) is 92.8 Å². The molecule has 5 nitrogen and oxygen atoms in total. The number of ether oxygens (including phenoxy) is 1. The predicted octanol–water partition coefficient (Wildman–Crippen LogP) is -0.787. The monoisotopic (exact) mass is 163 g/mol. The van der Waals surface area contributed by atoms with Crippen molar-refractivity contribution in [2.75, 3.05) is 6.61 Å². The molecule has 0 rings (SSSR count). The van der Waals surface area contributed by atoms with Gasteiger partial charge < -0.3 is 20.7 Å². The van der Waals surface area contributed by atoms with Crippen LogP contribution in [0.3, 0.4) is 0 Å². The summed E-state index contributed by atoms with van der Waals surface area (Å²) in [5, 5.41) is 17.3. The molecule has 2 unspecified atom stereocenters. The summed E-state index contributed by atoms with van der Waals surface area (Å²) in [6.07, 6.45) is -2.00. The Morgan fingerprint density at radius 2 is 2.27 bits per heavy atom. The van der Waals surface area contributed by atoms with Crippen LogP contribution in [0.15, 0.2) is 0 Å². The van der Waals surface area contributed by atoms with Gasteiger partial charge in [0.1, 0.15) is 6.10 Å². The Hall–Kier alpha value is -0.810. The first kappa shape index (κ1) is 10.2. The highest BCUT2D eigenvalue weighted by Gasteiger charge is 2.11. The van der Waals surface area contributed by atoms with Crippen molar-refractivity contribution < 1.29 is 19.7 Å². The van der Waals surface area contributed by atoms with Crippen molar-refractivity contribution in [3.05, 3.63) is 0 Å². The molecule has 4 N–H and O–H groups in total. The lowest BCUT2D eigenvalue weighted by atomic mass is 10.2. The molecule has 5 heteroatoms. The molecule has 0 saturated carbocycles. The smallest absolute Gasteiger partial charge is 0.404 e. The molecule has 0 heterocycles. The summed E-state index contributed by atoms with van der Waals surface area (Å²) in [7, 11) is 0. The zero-order chi connectivity index (χ0) is 8.85. The molecule has 0 radical (unpaired) electrons. The number of aliphatic hydroxyl groups excluding tert-OH is 2. The number of amides is 1. The first-order chi connectivity index (χ1) is 5.06. The summed E-state index contributed by atoms with van der Waals surface area (Å²) in [6.45, 7) is 1.25. The maximum Gasteiger partial charge on any atom is 0.404 e. The fourth-order valence-corrected chi connectivity index (χ4v) is 0.704. The van der Waals surface area contributed by atoms with Gasteiger partial charge in [-0.15, -0.1) is 0 Å². The number of aliphatic hydroxyl groups is 2. The zero-order valence-electron chi connectivity index (χ0n) is 6.36. The molecule has 1 amide bonds. The molecular weight excluding hydrogens is 150 g/mol. The summed E-state index contributed by atoms with van der Waals surface area (Å²) < 4.78 is 4.49. The molecule has 0 spiro atoms. The normalized spacial score (nSPS) is 15.5. The Balaban J connectivity index is 3.51. The maximum atomic E-state index is 10.1. The van der Waals surface area contributed by atoms with Gasteiger partial charge in [-0.3, -0.25) is 0 Å². The number of carbonyl (C=O) groups is 1. The molecule has 0 aliphatic carbocycles. The van der Waals surface area contributed by atoms with Gasteiger partial charge in [-0.05, 0) is 6.92 Å². The third-order valence-corrected chi connectivity index (χ3v) is 1.13. The molecule has 0 aromatic heterocycles. The number of nitrogens with two attached hydrogens (primary N) is 1. The van der Waals surface area contributed by atoms with Crippen LogP contribution in [0.2, 0.25) is 0 Å². The molecule has 0 aliphatic heterocycles. The molecule has 0 fully saturated rings. The number of carbonyl (C=O) groups excluding carboxylic acids is 1. The summed E-state index contributed by atoms with van der Waals surface area (Å²) in [4.78, 5) is 10.1. The molecule has 2 atom stereocenters. The zero-order valence-corrected chi connectivity index (χ0v) is 6.36. The average molecular weight is 163 g/mol. The minimum atomic E-state index is -0.873.